The summed E-state index contributed by atoms with van der Waals surface area (Å²) >= 11 is -1.40. The zero-order valence-electron chi connectivity index (χ0n) is 29.2. The summed E-state index contributed by atoms with van der Waals surface area (Å²) in [5, 5.41) is 4.37. The Balaban J connectivity index is 1.84. The van der Waals surface area contributed by atoms with Crippen molar-refractivity contribution < 1.29 is 34.8 Å². The largest absolute Gasteiger partial charge is 0.598 e. The molecular formula is C33H44F3N5O5S2Si. The van der Waals surface area contributed by atoms with Gasteiger partial charge in [0.05, 0.1) is 46.8 Å². The summed E-state index contributed by atoms with van der Waals surface area (Å²) in [7, 11) is -8.12. The lowest BCUT2D eigenvalue weighted by Crippen LogP contribution is -2.41. The molecule has 0 saturated heterocycles. The van der Waals surface area contributed by atoms with Gasteiger partial charge in [-0.05, 0) is 81.7 Å². The van der Waals surface area contributed by atoms with E-state index in [4.69, 9.17) is 18.6 Å². The second kappa shape index (κ2) is 14.3. The van der Waals surface area contributed by atoms with Crippen LogP contribution in [0.25, 0.3) is 28.0 Å². The van der Waals surface area contributed by atoms with Crippen LogP contribution in [0.2, 0.25) is 18.1 Å². The summed E-state index contributed by atoms with van der Waals surface area (Å²) in [6, 6.07) is 12.8. The number of alkyl halides is 3. The maximum absolute atomic E-state index is 13.5. The van der Waals surface area contributed by atoms with Gasteiger partial charge in [-0.2, -0.15) is 26.7 Å². The third kappa shape index (κ3) is 9.02. The topological polar surface area (TPSA) is 131 Å². The lowest BCUT2D eigenvalue weighted by Gasteiger charge is -2.36. The van der Waals surface area contributed by atoms with Crippen LogP contribution in [0.3, 0.4) is 0 Å². The third-order valence-electron chi connectivity index (χ3n) is 8.34. The highest BCUT2D eigenvalue weighted by molar-refractivity contribution is 7.90. The van der Waals surface area contributed by atoms with Crippen LogP contribution in [-0.2, 0) is 32.5 Å². The number of pyridine rings is 2. The number of hydrogen-bond acceptors (Lipinski definition) is 9. The van der Waals surface area contributed by atoms with Gasteiger partial charge >= 0.3 is 15.6 Å². The average Bonchev–Trinajstić information content (AvgIpc) is 3.43. The van der Waals surface area contributed by atoms with Crippen LogP contribution in [0.1, 0.15) is 78.7 Å². The second-order valence-corrected chi connectivity index (χ2v) is 22.6. The second-order valence-electron chi connectivity index (χ2n) is 14.3. The molecule has 1 aromatic carbocycles. The molecule has 0 fully saturated rings. The molecule has 2 atom stereocenters. The Hall–Kier alpha value is -3.02. The van der Waals surface area contributed by atoms with Crippen molar-refractivity contribution in [1.29, 1.82) is 0 Å². The summed E-state index contributed by atoms with van der Waals surface area (Å²) in [6.45, 7) is 18.4. The van der Waals surface area contributed by atoms with Crippen molar-refractivity contribution in [2.24, 2.45) is 0 Å². The molecule has 268 valence electrons. The zero-order chi connectivity index (χ0) is 36.6. The normalized spacial score (nSPS) is 14.6. The van der Waals surface area contributed by atoms with E-state index in [9.17, 15) is 26.1 Å². The van der Waals surface area contributed by atoms with Gasteiger partial charge in [0, 0.05) is 16.9 Å². The Morgan fingerprint density at radius 2 is 1.69 bits per heavy atom. The fourth-order valence-corrected chi connectivity index (χ4v) is 6.72. The predicted molar refractivity (Wildman–Crippen MR) is 188 cm³/mol. The van der Waals surface area contributed by atoms with Crippen LogP contribution in [0.5, 0.6) is 5.75 Å². The van der Waals surface area contributed by atoms with Crippen molar-refractivity contribution in [2.45, 2.75) is 102 Å². The highest BCUT2D eigenvalue weighted by Gasteiger charge is 2.49. The quantitative estimate of drug-likeness (QED) is 0.0662. The maximum atomic E-state index is 13.5. The zero-order valence-corrected chi connectivity index (χ0v) is 31.8. The van der Waals surface area contributed by atoms with E-state index in [0.717, 1.165) is 6.42 Å². The molecule has 4 rings (SSSR count). The fraction of sp³-hybridized carbons (Fsp3) is 0.485. The number of fused-ring (bicyclic) bond motifs is 1. The summed E-state index contributed by atoms with van der Waals surface area (Å²) in [5.41, 5.74) is -3.64. The number of benzene rings is 1. The van der Waals surface area contributed by atoms with Gasteiger partial charge in [-0.3, -0.25) is 4.98 Å². The monoisotopic (exact) mass is 739 g/mol. The first kappa shape index (κ1) is 38.8. The van der Waals surface area contributed by atoms with E-state index in [1.54, 1.807) is 42.5 Å². The molecule has 0 saturated carbocycles. The molecule has 10 nitrogen and oxygen atoms in total. The molecular weight excluding hydrogens is 696 g/mol. The molecule has 0 aliphatic heterocycles. The van der Waals surface area contributed by atoms with E-state index < -0.39 is 45.8 Å². The number of nitrogens with zero attached hydrogens (tertiary/aromatic N) is 4. The Kier molecular flexibility index (Phi) is 11.3. The van der Waals surface area contributed by atoms with Crippen molar-refractivity contribution in [3.05, 3.63) is 66.1 Å². The molecule has 0 aliphatic carbocycles. The number of hydrogen-bond donors (Lipinski definition) is 1. The first-order valence-electron chi connectivity index (χ1n) is 15.8. The highest BCUT2D eigenvalue weighted by Crippen LogP contribution is 2.38. The van der Waals surface area contributed by atoms with Crippen molar-refractivity contribution >= 4 is 40.7 Å². The molecule has 16 heteroatoms. The summed E-state index contributed by atoms with van der Waals surface area (Å²) < 4.78 is 92.9. The van der Waals surface area contributed by atoms with Crippen LogP contribution in [0, 0.1) is 0 Å². The van der Waals surface area contributed by atoms with Crippen LogP contribution in [0.4, 0.5) is 13.2 Å². The number of halogens is 3. The lowest BCUT2D eigenvalue weighted by atomic mass is 10.1. The minimum absolute atomic E-state index is 0.0172. The van der Waals surface area contributed by atoms with Gasteiger partial charge in [0.15, 0.2) is 19.9 Å². The van der Waals surface area contributed by atoms with Crippen molar-refractivity contribution in [2.75, 3.05) is 0 Å². The lowest BCUT2D eigenvalue weighted by molar-refractivity contribution is -0.0499. The third-order valence-corrected chi connectivity index (χ3v) is 15.4. The molecule has 1 N–H and O–H groups in total. The van der Waals surface area contributed by atoms with Gasteiger partial charge in [-0.25, -0.2) is 9.67 Å². The van der Waals surface area contributed by atoms with E-state index >= 15 is 0 Å². The molecule has 3 heterocycles. The smallest absolute Gasteiger partial charge is 0.534 e. The fourth-order valence-electron chi connectivity index (χ4n) is 4.46. The van der Waals surface area contributed by atoms with Crippen LogP contribution in [0.15, 0.2) is 54.7 Å². The molecule has 0 amide bonds. The Morgan fingerprint density at radius 3 is 2.31 bits per heavy atom. The number of nitrogens with one attached hydrogen (secondary N) is 1. The Bertz CT molecular complexity index is 1890. The maximum Gasteiger partial charge on any atom is 0.534 e. The van der Waals surface area contributed by atoms with Gasteiger partial charge in [-0.1, -0.05) is 46.2 Å². The van der Waals surface area contributed by atoms with Gasteiger partial charge in [0.25, 0.3) is 0 Å². The van der Waals surface area contributed by atoms with Crippen LogP contribution in [-0.4, -0.2) is 51.3 Å². The van der Waals surface area contributed by atoms with Crippen molar-refractivity contribution in [3.8, 4) is 22.8 Å². The van der Waals surface area contributed by atoms with Crippen LogP contribution >= 0.6 is 0 Å². The molecule has 0 aliphatic rings. The minimum Gasteiger partial charge on any atom is -0.598 e. The van der Waals surface area contributed by atoms with E-state index in [2.05, 4.69) is 43.7 Å². The summed E-state index contributed by atoms with van der Waals surface area (Å²) in [5.74, 6) is -0.232. The van der Waals surface area contributed by atoms with Crippen LogP contribution < -0.4 is 8.91 Å². The Morgan fingerprint density at radius 1 is 1.02 bits per heavy atom. The molecule has 49 heavy (non-hydrogen) atoms. The van der Waals surface area contributed by atoms with Crippen molar-refractivity contribution in [3.63, 3.8) is 0 Å². The highest BCUT2D eigenvalue weighted by atomic mass is 32.2. The SMILES string of the molecule is CCC[C@H](N[S+]([O-])C(C)(C)C)c1cccc(-c2cc(OS(=O)(=O)C(F)(F)F)c3cnn(-c4cccc(CO[Si](C)(C)C(C)(C)C)n4)c3c2)n1. The van der Waals surface area contributed by atoms with Gasteiger partial charge in [-0.15, -0.1) is 4.72 Å². The molecule has 0 bridgehead atoms. The van der Waals surface area contributed by atoms with Crippen molar-refractivity contribution in [1.82, 2.24) is 24.5 Å². The first-order valence-corrected chi connectivity index (χ1v) is 21.3. The molecule has 3 aromatic heterocycles. The van der Waals surface area contributed by atoms with Gasteiger partial charge < -0.3 is 13.2 Å². The predicted octanol–water partition coefficient (Wildman–Crippen LogP) is 8.13. The Labute approximate surface area is 290 Å². The molecule has 4 aromatic rings. The number of aromatic nitrogens is 4. The minimum atomic E-state index is -6.02. The van der Waals surface area contributed by atoms with E-state index in [1.807, 2.05) is 27.7 Å². The van der Waals surface area contributed by atoms with E-state index in [0.29, 0.717) is 29.3 Å². The standard InChI is InChI=1S/C33H44F3N5O5S2Si/c1-10-13-27(40-47(42)31(2,3)4)26-16-12-15-25(39-26)22-18-28-24(29(19-22)46-48(43,44)33(34,35)36)20-37-41(28)30-17-11-14-23(38-30)21-45-49(8,9)32(5,6)7/h11-12,14-20,27,40H,10,13,21H2,1-9H3/t27-,47?/m0/s1. The van der Waals surface area contributed by atoms with Gasteiger partial charge in [0.2, 0.25) is 0 Å². The van der Waals surface area contributed by atoms with E-state index in [-0.39, 0.29) is 34.2 Å². The van der Waals surface area contributed by atoms with E-state index in [1.165, 1.54) is 16.9 Å². The van der Waals surface area contributed by atoms with Gasteiger partial charge in [0.1, 0.15) is 4.75 Å². The summed E-state index contributed by atoms with van der Waals surface area (Å²) in [6.07, 6.45) is 2.60. The summed E-state index contributed by atoms with van der Waals surface area (Å²) in [4.78, 5) is 9.48. The first-order chi connectivity index (χ1) is 22.5. The number of rotatable bonds is 12. The average molecular weight is 740 g/mol. The molecule has 1 unspecified atom stereocenters. The molecule has 0 spiro atoms. The molecule has 0 radical (unpaired) electrons.